The minimum Gasteiger partial charge on any atom is -0.504 e. The van der Waals surface area contributed by atoms with Crippen molar-refractivity contribution in [3.8, 4) is 11.5 Å². The van der Waals surface area contributed by atoms with Crippen LogP contribution in [-0.4, -0.2) is 17.6 Å². The Morgan fingerprint density at radius 2 is 1.75 bits per heavy atom. The van der Waals surface area contributed by atoms with Gasteiger partial charge in [0.1, 0.15) is 0 Å². The number of benzene rings is 2. The third kappa shape index (κ3) is 3.94. The number of anilines is 1. The lowest BCUT2D eigenvalue weighted by Crippen LogP contribution is -2.34. The molecule has 24 heavy (non-hydrogen) atoms. The van der Waals surface area contributed by atoms with E-state index >= 15 is 0 Å². The molecule has 0 fully saturated rings. The third-order valence-corrected chi connectivity index (χ3v) is 4.34. The molecule has 0 spiro atoms. The molecule has 4 nitrogen and oxygen atoms in total. The highest BCUT2D eigenvalue weighted by Gasteiger charge is 2.17. The summed E-state index contributed by atoms with van der Waals surface area (Å²) in [6.45, 7) is 0.350. The highest BCUT2D eigenvalue weighted by atomic mass is 32.1. The van der Waals surface area contributed by atoms with Gasteiger partial charge in [-0.05, 0) is 35.7 Å². The quantitative estimate of drug-likeness (QED) is 0.736. The normalized spacial score (nSPS) is 10.3. The van der Waals surface area contributed by atoms with Crippen molar-refractivity contribution in [2.45, 2.75) is 6.54 Å². The number of carbonyl (C=O) groups excluding carboxylic acids is 1. The van der Waals surface area contributed by atoms with Crippen LogP contribution in [-0.2, 0) is 11.3 Å². The second-order valence-electron chi connectivity index (χ2n) is 5.15. The van der Waals surface area contributed by atoms with Crippen molar-refractivity contribution in [3.05, 3.63) is 77.0 Å². The maximum Gasteiger partial charge on any atom is 0.265 e. The summed E-state index contributed by atoms with van der Waals surface area (Å²) in [5.74, 6) is 0.155. The molecule has 0 radical (unpaired) electrons. The van der Waals surface area contributed by atoms with Gasteiger partial charge in [0.15, 0.2) is 18.1 Å². The topological polar surface area (TPSA) is 49.8 Å². The maximum atomic E-state index is 12.7. The molecule has 0 saturated heterocycles. The first-order valence-electron chi connectivity index (χ1n) is 7.52. The number of hydrogen-bond acceptors (Lipinski definition) is 4. The molecular formula is C19H17NO3S. The predicted molar refractivity (Wildman–Crippen MR) is 95.6 cm³/mol. The molecule has 1 amide bonds. The summed E-state index contributed by atoms with van der Waals surface area (Å²) in [5, 5.41) is 11.7. The van der Waals surface area contributed by atoms with E-state index in [0.717, 1.165) is 10.6 Å². The molecule has 1 N–H and O–H groups in total. The maximum absolute atomic E-state index is 12.7. The van der Waals surface area contributed by atoms with Gasteiger partial charge in [-0.2, -0.15) is 0 Å². The second-order valence-corrected chi connectivity index (χ2v) is 6.18. The van der Waals surface area contributed by atoms with Gasteiger partial charge < -0.3 is 14.7 Å². The van der Waals surface area contributed by atoms with Crippen LogP contribution in [0, 0.1) is 0 Å². The predicted octanol–water partition coefficient (Wildman–Crippen LogP) is 4.07. The van der Waals surface area contributed by atoms with Gasteiger partial charge in [0, 0.05) is 10.6 Å². The van der Waals surface area contributed by atoms with E-state index < -0.39 is 0 Å². The molecule has 0 saturated carbocycles. The van der Waals surface area contributed by atoms with E-state index in [1.165, 1.54) is 6.07 Å². The molecule has 0 bridgehead atoms. The fourth-order valence-corrected chi connectivity index (χ4v) is 2.98. The van der Waals surface area contributed by atoms with E-state index in [4.69, 9.17) is 4.74 Å². The van der Waals surface area contributed by atoms with Crippen LogP contribution in [0.3, 0.4) is 0 Å². The minimum absolute atomic E-state index is 0.0230. The van der Waals surface area contributed by atoms with Crippen molar-refractivity contribution in [3.63, 3.8) is 0 Å². The van der Waals surface area contributed by atoms with Crippen molar-refractivity contribution in [1.29, 1.82) is 0 Å². The molecule has 0 atom stereocenters. The average Bonchev–Trinajstić information content (AvgIpc) is 3.13. The van der Waals surface area contributed by atoms with Gasteiger partial charge in [-0.25, -0.2) is 0 Å². The summed E-state index contributed by atoms with van der Waals surface area (Å²) < 4.78 is 5.48. The lowest BCUT2D eigenvalue weighted by molar-refractivity contribution is -0.120. The number of phenolic OH excluding ortho intramolecular Hbond substituents is 1. The first kappa shape index (κ1) is 16.1. The van der Waals surface area contributed by atoms with Crippen LogP contribution in [0.2, 0.25) is 0 Å². The monoisotopic (exact) mass is 339 g/mol. The summed E-state index contributed by atoms with van der Waals surface area (Å²) in [5.41, 5.74) is 0.816. The zero-order chi connectivity index (χ0) is 16.8. The van der Waals surface area contributed by atoms with Crippen LogP contribution in [0.15, 0.2) is 72.1 Å². The summed E-state index contributed by atoms with van der Waals surface area (Å²) in [6.07, 6.45) is 0. The Hall–Kier alpha value is -2.79. The Morgan fingerprint density at radius 1 is 1.00 bits per heavy atom. The number of aromatic hydroxyl groups is 1. The number of rotatable bonds is 6. The molecule has 1 heterocycles. The van der Waals surface area contributed by atoms with Gasteiger partial charge in [0.2, 0.25) is 0 Å². The standard InChI is InChI=1S/C19H17NO3S/c21-17-10-4-5-11-18(17)23-14-19(22)20(13-16-9-6-12-24-16)15-7-2-1-3-8-15/h1-12,21H,13-14H2. The molecule has 122 valence electrons. The Morgan fingerprint density at radius 3 is 2.46 bits per heavy atom. The first-order chi connectivity index (χ1) is 11.7. The number of para-hydroxylation sites is 3. The Kier molecular flexibility index (Phi) is 5.13. The lowest BCUT2D eigenvalue weighted by Gasteiger charge is -2.22. The molecule has 1 aromatic heterocycles. The molecular weight excluding hydrogens is 322 g/mol. The summed E-state index contributed by atoms with van der Waals surface area (Å²) >= 11 is 1.61. The van der Waals surface area contributed by atoms with Crippen LogP contribution in [0.4, 0.5) is 5.69 Å². The number of thiophene rings is 1. The molecule has 0 aliphatic carbocycles. The van der Waals surface area contributed by atoms with Gasteiger partial charge in [-0.1, -0.05) is 36.4 Å². The van der Waals surface area contributed by atoms with Crippen LogP contribution >= 0.6 is 11.3 Å². The number of amides is 1. The Labute approximate surface area is 144 Å². The van der Waals surface area contributed by atoms with Crippen LogP contribution in [0.25, 0.3) is 0 Å². The fraction of sp³-hybridized carbons (Fsp3) is 0.105. The lowest BCUT2D eigenvalue weighted by atomic mass is 10.2. The van der Waals surface area contributed by atoms with Crippen molar-refractivity contribution in [1.82, 2.24) is 0 Å². The van der Waals surface area contributed by atoms with Crippen molar-refractivity contribution >= 4 is 22.9 Å². The second kappa shape index (κ2) is 7.66. The zero-order valence-electron chi connectivity index (χ0n) is 13.0. The van der Waals surface area contributed by atoms with E-state index in [1.807, 2.05) is 47.8 Å². The van der Waals surface area contributed by atoms with E-state index in [1.54, 1.807) is 34.4 Å². The molecule has 0 unspecified atom stereocenters. The highest BCUT2D eigenvalue weighted by Crippen LogP contribution is 2.25. The number of carbonyl (C=O) groups is 1. The van der Waals surface area contributed by atoms with Gasteiger partial charge in [0.25, 0.3) is 5.91 Å². The number of phenols is 1. The summed E-state index contributed by atoms with van der Waals surface area (Å²) in [4.78, 5) is 15.5. The molecule has 5 heteroatoms. The molecule has 3 rings (SSSR count). The fourth-order valence-electron chi connectivity index (χ4n) is 2.29. The average molecular weight is 339 g/mol. The number of nitrogens with zero attached hydrogens (tertiary/aromatic N) is 1. The van der Waals surface area contributed by atoms with E-state index in [-0.39, 0.29) is 18.3 Å². The summed E-state index contributed by atoms with van der Waals surface area (Å²) in [6, 6.07) is 20.1. The van der Waals surface area contributed by atoms with E-state index in [2.05, 4.69) is 0 Å². The zero-order valence-corrected chi connectivity index (χ0v) is 13.8. The van der Waals surface area contributed by atoms with Gasteiger partial charge in [-0.3, -0.25) is 4.79 Å². The summed E-state index contributed by atoms with van der Waals surface area (Å²) in [7, 11) is 0. The van der Waals surface area contributed by atoms with Crippen LogP contribution < -0.4 is 9.64 Å². The number of hydrogen-bond donors (Lipinski definition) is 1. The molecule has 3 aromatic rings. The van der Waals surface area contributed by atoms with Crippen LogP contribution in [0.1, 0.15) is 4.88 Å². The molecule has 0 aliphatic rings. The number of ether oxygens (including phenoxy) is 1. The Balaban J connectivity index is 1.75. The molecule has 0 aliphatic heterocycles. The third-order valence-electron chi connectivity index (χ3n) is 3.48. The largest absolute Gasteiger partial charge is 0.504 e. The Bertz CT molecular complexity index is 787. The van der Waals surface area contributed by atoms with Gasteiger partial charge in [0.05, 0.1) is 6.54 Å². The van der Waals surface area contributed by atoms with Crippen molar-refractivity contribution in [2.75, 3.05) is 11.5 Å². The van der Waals surface area contributed by atoms with Crippen molar-refractivity contribution in [2.24, 2.45) is 0 Å². The highest BCUT2D eigenvalue weighted by molar-refractivity contribution is 7.09. The molecule has 2 aromatic carbocycles. The van der Waals surface area contributed by atoms with E-state index in [0.29, 0.717) is 12.3 Å². The van der Waals surface area contributed by atoms with Gasteiger partial charge >= 0.3 is 0 Å². The SMILES string of the molecule is O=C(COc1ccccc1O)N(Cc1cccs1)c1ccccc1. The van der Waals surface area contributed by atoms with E-state index in [9.17, 15) is 9.90 Å². The smallest absolute Gasteiger partial charge is 0.265 e. The first-order valence-corrected chi connectivity index (χ1v) is 8.40. The minimum atomic E-state index is -0.169. The van der Waals surface area contributed by atoms with Gasteiger partial charge in [-0.15, -0.1) is 11.3 Å². The van der Waals surface area contributed by atoms with Crippen molar-refractivity contribution < 1.29 is 14.6 Å². The van der Waals surface area contributed by atoms with Crippen LogP contribution in [0.5, 0.6) is 11.5 Å².